The smallest absolute Gasteiger partial charge is 0.340 e. The fourth-order valence-electron chi connectivity index (χ4n) is 1.71. The third kappa shape index (κ3) is 3.32. The molecule has 0 bridgehead atoms. The first-order chi connectivity index (χ1) is 9.60. The van der Waals surface area contributed by atoms with Crippen LogP contribution in [0.1, 0.15) is 15.9 Å². The average molecular weight is 277 g/mol. The van der Waals surface area contributed by atoms with Crippen molar-refractivity contribution in [3.8, 4) is 0 Å². The molecular formula is C15H13F2NO2. The number of nitrogens with one attached hydrogen (secondary N) is 1. The Bertz CT molecular complexity index is 612. The highest BCUT2D eigenvalue weighted by Gasteiger charge is 2.12. The highest BCUT2D eigenvalue weighted by Crippen LogP contribution is 2.16. The van der Waals surface area contributed by atoms with Crippen LogP contribution < -0.4 is 5.32 Å². The van der Waals surface area contributed by atoms with E-state index in [1.165, 1.54) is 37.4 Å². The van der Waals surface area contributed by atoms with Gasteiger partial charge < -0.3 is 10.1 Å². The molecule has 0 aliphatic carbocycles. The fraction of sp³-hybridized carbons (Fsp3) is 0.133. The van der Waals surface area contributed by atoms with Crippen molar-refractivity contribution in [3.05, 3.63) is 65.2 Å². The number of benzene rings is 2. The number of esters is 1. The summed E-state index contributed by atoms with van der Waals surface area (Å²) >= 11 is 0. The zero-order chi connectivity index (χ0) is 14.5. The van der Waals surface area contributed by atoms with Crippen LogP contribution in [0.3, 0.4) is 0 Å². The quantitative estimate of drug-likeness (QED) is 0.871. The largest absolute Gasteiger partial charge is 0.465 e. The van der Waals surface area contributed by atoms with Gasteiger partial charge in [0.15, 0.2) is 0 Å². The maximum absolute atomic E-state index is 13.4. The third-order valence-corrected chi connectivity index (χ3v) is 2.78. The molecule has 0 spiro atoms. The van der Waals surface area contributed by atoms with Gasteiger partial charge in [-0.3, -0.25) is 0 Å². The van der Waals surface area contributed by atoms with Crippen molar-refractivity contribution in [2.24, 2.45) is 0 Å². The first-order valence-corrected chi connectivity index (χ1v) is 5.96. The maximum Gasteiger partial charge on any atom is 0.340 e. The summed E-state index contributed by atoms with van der Waals surface area (Å²) in [6.45, 7) is 0.437. The molecule has 0 amide bonds. The molecule has 3 nitrogen and oxygen atoms in total. The maximum atomic E-state index is 13.4. The molecule has 0 atom stereocenters. The van der Waals surface area contributed by atoms with Gasteiger partial charge in [-0.2, -0.15) is 0 Å². The summed E-state index contributed by atoms with van der Waals surface area (Å²) in [7, 11) is 1.19. The molecule has 2 rings (SSSR count). The van der Waals surface area contributed by atoms with E-state index in [9.17, 15) is 13.6 Å². The van der Waals surface area contributed by atoms with E-state index in [2.05, 4.69) is 10.1 Å². The van der Waals surface area contributed by atoms with Crippen molar-refractivity contribution in [1.29, 1.82) is 0 Å². The van der Waals surface area contributed by atoms with Gasteiger partial charge in [-0.1, -0.05) is 12.1 Å². The van der Waals surface area contributed by atoms with E-state index in [0.29, 0.717) is 12.2 Å². The number of carbonyl (C=O) groups excluding carboxylic acids is 1. The van der Waals surface area contributed by atoms with Crippen LogP contribution >= 0.6 is 0 Å². The Morgan fingerprint density at radius 2 is 1.85 bits per heavy atom. The SMILES string of the molecule is COC(=O)c1cc(NCc2ccc(F)cc2)ccc1F. The molecule has 0 aliphatic rings. The Hall–Kier alpha value is -2.43. The van der Waals surface area contributed by atoms with E-state index in [-0.39, 0.29) is 11.4 Å². The standard InChI is InChI=1S/C15H13F2NO2/c1-20-15(19)13-8-12(6-7-14(13)17)18-9-10-2-4-11(16)5-3-10/h2-8,18H,9H2,1H3. The molecule has 104 valence electrons. The molecule has 2 aromatic carbocycles. The number of hydrogen-bond acceptors (Lipinski definition) is 3. The molecule has 20 heavy (non-hydrogen) atoms. The van der Waals surface area contributed by atoms with Crippen LogP contribution in [0.15, 0.2) is 42.5 Å². The zero-order valence-electron chi connectivity index (χ0n) is 10.8. The molecule has 0 unspecified atom stereocenters. The van der Waals surface area contributed by atoms with Crippen molar-refractivity contribution < 1.29 is 18.3 Å². The first-order valence-electron chi connectivity index (χ1n) is 5.96. The molecule has 0 aromatic heterocycles. The van der Waals surface area contributed by atoms with Gasteiger partial charge in [0.1, 0.15) is 11.6 Å². The first kappa shape index (κ1) is 14.0. The summed E-state index contributed by atoms with van der Waals surface area (Å²) in [6, 6.07) is 10.1. The summed E-state index contributed by atoms with van der Waals surface area (Å²) in [5.41, 5.74) is 1.32. The van der Waals surface area contributed by atoms with Gasteiger partial charge in [0, 0.05) is 12.2 Å². The van der Waals surface area contributed by atoms with Crippen LogP contribution in [-0.4, -0.2) is 13.1 Å². The summed E-state index contributed by atoms with van der Waals surface area (Å²) in [6.07, 6.45) is 0. The minimum atomic E-state index is -0.729. The van der Waals surface area contributed by atoms with Gasteiger partial charge in [-0.05, 0) is 35.9 Å². The lowest BCUT2D eigenvalue weighted by molar-refractivity contribution is 0.0595. The molecule has 0 aliphatic heterocycles. The van der Waals surface area contributed by atoms with E-state index < -0.39 is 11.8 Å². The fourth-order valence-corrected chi connectivity index (χ4v) is 1.71. The number of methoxy groups -OCH3 is 1. The van der Waals surface area contributed by atoms with Gasteiger partial charge in [0.05, 0.1) is 12.7 Å². The predicted octanol–water partition coefficient (Wildman–Crippen LogP) is 3.36. The van der Waals surface area contributed by atoms with Crippen LogP contribution in [0.25, 0.3) is 0 Å². The Morgan fingerprint density at radius 3 is 2.50 bits per heavy atom. The molecular weight excluding hydrogens is 264 g/mol. The molecule has 5 heteroatoms. The lowest BCUT2D eigenvalue weighted by atomic mass is 10.1. The number of rotatable bonds is 4. The van der Waals surface area contributed by atoms with Crippen LogP contribution in [0.5, 0.6) is 0 Å². The second-order valence-corrected chi connectivity index (χ2v) is 4.17. The highest BCUT2D eigenvalue weighted by atomic mass is 19.1. The van der Waals surface area contributed by atoms with Crippen LogP contribution in [0, 0.1) is 11.6 Å². The molecule has 2 aromatic rings. The van der Waals surface area contributed by atoms with Crippen molar-refractivity contribution in [1.82, 2.24) is 0 Å². The normalized spacial score (nSPS) is 10.2. The second-order valence-electron chi connectivity index (χ2n) is 4.17. The monoisotopic (exact) mass is 277 g/mol. The Kier molecular flexibility index (Phi) is 4.30. The molecule has 0 radical (unpaired) electrons. The molecule has 0 heterocycles. The van der Waals surface area contributed by atoms with Crippen molar-refractivity contribution in [2.75, 3.05) is 12.4 Å². The van der Waals surface area contributed by atoms with Gasteiger partial charge in [-0.25, -0.2) is 13.6 Å². The van der Waals surface area contributed by atoms with E-state index in [1.807, 2.05) is 0 Å². The summed E-state index contributed by atoms with van der Waals surface area (Å²) < 4.78 is 30.7. The Labute approximate surface area is 115 Å². The van der Waals surface area contributed by atoms with E-state index >= 15 is 0 Å². The lowest BCUT2D eigenvalue weighted by Crippen LogP contribution is -2.06. The molecule has 0 saturated carbocycles. The Morgan fingerprint density at radius 1 is 1.15 bits per heavy atom. The van der Waals surface area contributed by atoms with Crippen molar-refractivity contribution in [3.63, 3.8) is 0 Å². The minimum Gasteiger partial charge on any atom is -0.465 e. The summed E-state index contributed by atoms with van der Waals surface area (Å²) in [5.74, 6) is -1.67. The molecule has 0 fully saturated rings. The number of ether oxygens (including phenoxy) is 1. The summed E-state index contributed by atoms with van der Waals surface area (Å²) in [4.78, 5) is 11.4. The van der Waals surface area contributed by atoms with E-state index in [4.69, 9.17) is 0 Å². The van der Waals surface area contributed by atoms with Crippen molar-refractivity contribution in [2.45, 2.75) is 6.54 Å². The summed E-state index contributed by atoms with van der Waals surface area (Å²) in [5, 5.41) is 3.03. The van der Waals surface area contributed by atoms with Gasteiger partial charge in [0.25, 0.3) is 0 Å². The van der Waals surface area contributed by atoms with Crippen LogP contribution in [0.4, 0.5) is 14.5 Å². The van der Waals surface area contributed by atoms with Crippen LogP contribution in [-0.2, 0) is 11.3 Å². The molecule has 1 N–H and O–H groups in total. The number of carbonyl (C=O) groups is 1. The zero-order valence-corrected chi connectivity index (χ0v) is 10.8. The van der Waals surface area contributed by atoms with Gasteiger partial charge in [0.2, 0.25) is 0 Å². The average Bonchev–Trinajstić information content (AvgIpc) is 2.47. The number of halogens is 2. The highest BCUT2D eigenvalue weighted by molar-refractivity contribution is 5.90. The molecule has 0 saturated heterocycles. The van der Waals surface area contributed by atoms with Crippen LogP contribution in [0.2, 0.25) is 0 Å². The second kappa shape index (κ2) is 6.14. The number of anilines is 1. The van der Waals surface area contributed by atoms with E-state index in [0.717, 1.165) is 5.56 Å². The van der Waals surface area contributed by atoms with Crippen molar-refractivity contribution >= 4 is 11.7 Å². The minimum absolute atomic E-state index is 0.128. The topological polar surface area (TPSA) is 38.3 Å². The lowest BCUT2D eigenvalue weighted by Gasteiger charge is -2.08. The Balaban J connectivity index is 2.10. The van der Waals surface area contributed by atoms with Gasteiger partial charge in [-0.15, -0.1) is 0 Å². The van der Waals surface area contributed by atoms with Gasteiger partial charge >= 0.3 is 5.97 Å². The number of hydrogen-bond donors (Lipinski definition) is 1. The third-order valence-electron chi connectivity index (χ3n) is 2.78. The predicted molar refractivity (Wildman–Crippen MR) is 71.5 cm³/mol. The van der Waals surface area contributed by atoms with E-state index in [1.54, 1.807) is 12.1 Å².